The Kier molecular flexibility index (Phi) is 5.62. The number of amides is 2. The Labute approximate surface area is 204 Å². The summed E-state index contributed by atoms with van der Waals surface area (Å²) < 4.78 is 1.79. The van der Waals surface area contributed by atoms with E-state index >= 15 is 0 Å². The number of aryl methyl sites for hydroxylation is 1. The fourth-order valence-electron chi connectivity index (χ4n) is 3.97. The van der Waals surface area contributed by atoms with Gasteiger partial charge < -0.3 is 10.2 Å². The van der Waals surface area contributed by atoms with Crippen molar-refractivity contribution in [3.05, 3.63) is 58.8 Å². The molecule has 3 aromatic heterocycles. The van der Waals surface area contributed by atoms with E-state index in [1.807, 2.05) is 0 Å². The van der Waals surface area contributed by atoms with Crippen molar-refractivity contribution < 1.29 is 9.59 Å². The Morgan fingerprint density at radius 2 is 1.94 bits per heavy atom. The van der Waals surface area contributed by atoms with Crippen molar-refractivity contribution in [3.63, 3.8) is 0 Å². The molecule has 5 rings (SSSR count). The van der Waals surface area contributed by atoms with Crippen molar-refractivity contribution in [3.8, 4) is 27.5 Å². The lowest BCUT2D eigenvalue weighted by atomic mass is 9.96. The van der Waals surface area contributed by atoms with Gasteiger partial charge >= 0.3 is 0 Å². The van der Waals surface area contributed by atoms with Crippen LogP contribution in [0.2, 0.25) is 5.02 Å². The number of fused-ring (bicyclic) bond motifs is 3. The van der Waals surface area contributed by atoms with Gasteiger partial charge in [-0.1, -0.05) is 22.9 Å². The Bertz CT molecular complexity index is 1430. The van der Waals surface area contributed by atoms with Gasteiger partial charge in [0.05, 0.1) is 32.7 Å². The molecule has 3 heterocycles. The van der Waals surface area contributed by atoms with Gasteiger partial charge in [-0.15, -0.1) is 0 Å². The van der Waals surface area contributed by atoms with Gasteiger partial charge in [0.25, 0.3) is 5.91 Å². The maximum absolute atomic E-state index is 12.4. The molecule has 0 bridgehead atoms. The fourth-order valence-corrected chi connectivity index (χ4v) is 5.35. The molecule has 0 atom stereocenters. The van der Waals surface area contributed by atoms with Crippen LogP contribution in [0, 0.1) is 0 Å². The first kappa shape index (κ1) is 22.2. The maximum atomic E-state index is 12.4. The highest BCUT2D eigenvalue weighted by Gasteiger charge is 2.30. The van der Waals surface area contributed by atoms with Crippen LogP contribution < -0.4 is 5.32 Å². The van der Waals surface area contributed by atoms with Crippen molar-refractivity contribution in [2.75, 3.05) is 19.4 Å². The lowest BCUT2D eigenvalue weighted by Gasteiger charge is -2.16. The van der Waals surface area contributed by atoms with E-state index in [9.17, 15) is 9.59 Å². The van der Waals surface area contributed by atoms with E-state index < -0.39 is 0 Å². The number of rotatable bonds is 4. The zero-order valence-corrected chi connectivity index (χ0v) is 20.2. The van der Waals surface area contributed by atoms with Gasteiger partial charge in [0.1, 0.15) is 6.33 Å². The summed E-state index contributed by atoms with van der Waals surface area (Å²) in [5.41, 5.74) is 5.48. The molecule has 11 heteroatoms. The van der Waals surface area contributed by atoms with Gasteiger partial charge in [-0.25, -0.2) is 19.6 Å². The lowest BCUT2D eigenvalue weighted by Crippen LogP contribution is -2.21. The summed E-state index contributed by atoms with van der Waals surface area (Å²) in [5, 5.41) is 8.64. The molecule has 1 aliphatic carbocycles. The zero-order chi connectivity index (χ0) is 24.0. The molecule has 0 saturated heterocycles. The predicted octanol–water partition coefficient (Wildman–Crippen LogP) is 3.87. The molecule has 4 aromatic rings. The number of carbonyl (C=O) groups is 2. The van der Waals surface area contributed by atoms with Gasteiger partial charge in [0.2, 0.25) is 5.91 Å². The molecule has 1 aliphatic rings. The summed E-state index contributed by atoms with van der Waals surface area (Å²) in [5.74, 6) is -0.311. The second-order valence-corrected chi connectivity index (χ2v) is 9.46. The maximum Gasteiger partial charge on any atom is 0.253 e. The van der Waals surface area contributed by atoms with Gasteiger partial charge in [-0.05, 0) is 31.0 Å². The van der Waals surface area contributed by atoms with Crippen molar-refractivity contribution in [1.29, 1.82) is 0 Å². The Hall–Kier alpha value is -3.63. The van der Waals surface area contributed by atoms with Crippen LogP contribution in [0.3, 0.4) is 0 Å². The standard InChI is InChI=1S/C23H20ClN7O2S/c1-12(32)27-23-28-17-6-5-15-19(14-9-25-11-26-10-14)29-31(20(15)21(17)34-23)18-7-4-13(8-16(18)24)22(33)30(2)3/h4,7-11H,5-6H2,1-3H3,(H,27,28,32). The van der Waals surface area contributed by atoms with Crippen molar-refractivity contribution in [1.82, 2.24) is 29.6 Å². The van der Waals surface area contributed by atoms with Crippen molar-refractivity contribution in [2.45, 2.75) is 19.8 Å². The SMILES string of the molecule is CC(=O)Nc1nc2c(s1)-c1c(c(-c3cncnc3)nn1-c1ccc(C(=O)N(C)C)cc1Cl)CC2. The number of anilines is 1. The molecule has 0 spiro atoms. The third-order valence-corrected chi connectivity index (χ3v) is 6.78. The monoisotopic (exact) mass is 493 g/mol. The molecule has 0 fully saturated rings. The first-order chi connectivity index (χ1) is 16.3. The topological polar surface area (TPSA) is 106 Å². The fraction of sp³-hybridized carbons (Fsp3) is 0.217. The van der Waals surface area contributed by atoms with Crippen molar-refractivity contribution >= 4 is 39.9 Å². The first-order valence-electron chi connectivity index (χ1n) is 10.5. The minimum absolute atomic E-state index is 0.136. The van der Waals surface area contributed by atoms with Crippen LogP contribution in [0.25, 0.3) is 27.5 Å². The van der Waals surface area contributed by atoms with Gasteiger partial charge in [0.15, 0.2) is 5.13 Å². The van der Waals surface area contributed by atoms with Crippen LogP contribution in [0.4, 0.5) is 5.13 Å². The van der Waals surface area contributed by atoms with Crippen LogP contribution in [0.15, 0.2) is 36.9 Å². The Morgan fingerprint density at radius 1 is 1.18 bits per heavy atom. The Morgan fingerprint density at radius 3 is 2.62 bits per heavy atom. The molecule has 34 heavy (non-hydrogen) atoms. The molecule has 1 aromatic carbocycles. The number of thiazole rings is 1. The molecule has 9 nitrogen and oxygen atoms in total. The molecule has 0 radical (unpaired) electrons. The quantitative estimate of drug-likeness (QED) is 0.462. The number of aromatic nitrogens is 5. The summed E-state index contributed by atoms with van der Waals surface area (Å²) in [6.45, 7) is 1.46. The second-order valence-electron chi connectivity index (χ2n) is 8.06. The minimum atomic E-state index is -0.175. The second kappa shape index (κ2) is 8.62. The molecular weight excluding hydrogens is 474 g/mol. The zero-order valence-electron chi connectivity index (χ0n) is 18.7. The predicted molar refractivity (Wildman–Crippen MR) is 130 cm³/mol. The number of halogens is 1. The van der Waals surface area contributed by atoms with E-state index in [0.29, 0.717) is 27.8 Å². The number of nitrogens with one attached hydrogen (secondary N) is 1. The van der Waals surface area contributed by atoms with E-state index in [1.54, 1.807) is 49.4 Å². The molecule has 0 unspecified atom stereocenters. The Balaban J connectivity index is 1.71. The van der Waals surface area contributed by atoms with E-state index in [-0.39, 0.29) is 11.8 Å². The largest absolute Gasteiger partial charge is 0.345 e. The van der Waals surface area contributed by atoms with E-state index in [0.717, 1.165) is 39.5 Å². The third kappa shape index (κ3) is 3.84. The molecule has 1 N–H and O–H groups in total. The van der Waals surface area contributed by atoms with Crippen molar-refractivity contribution in [2.24, 2.45) is 0 Å². The molecule has 172 valence electrons. The van der Waals surface area contributed by atoms with Crippen LogP contribution in [-0.4, -0.2) is 55.5 Å². The van der Waals surface area contributed by atoms with E-state index in [4.69, 9.17) is 16.7 Å². The van der Waals surface area contributed by atoms with Gasteiger partial charge in [-0.2, -0.15) is 5.10 Å². The van der Waals surface area contributed by atoms with Gasteiger partial charge in [-0.3, -0.25) is 9.59 Å². The number of hydrogen-bond donors (Lipinski definition) is 1. The smallest absolute Gasteiger partial charge is 0.253 e. The highest BCUT2D eigenvalue weighted by Crippen LogP contribution is 2.44. The summed E-state index contributed by atoms with van der Waals surface area (Å²) >= 11 is 8.09. The van der Waals surface area contributed by atoms with Crippen LogP contribution in [0.5, 0.6) is 0 Å². The summed E-state index contributed by atoms with van der Waals surface area (Å²) in [4.78, 5) is 39.4. The van der Waals surface area contributed by atoms with E-state index in [1.165, 1.54) is 29.5 Å². The summed E-state index contributed by atoms with van der Waals surface area (Å²) in [6, 6.07) is 5.18. The highest BCUT2D eigenvalue weighted by molar-refractivity contribution is 7.19. The number of nitrogens with zero attached hydrogens (tertiary/aromatic N) is 6. The molecular formula is C23H20ClN7O2S. The normalized spacial score (nSPS) is 12.1. The number of hydrogen-bond acceptors (Lipinski definition) is 7. The first-order valence-corrected chi connectivity index (χ1v) is 11.7. The van der Waals surface area contributed by atoms with Crippen LogP contribution >= 0.6 is 22.9 Å². The highest BCUT2D eigenvalue weighted by atomic mass is 35.5. The lowest BCUT2D eigenvalue weighted by molar-refractivity contribution is -0.114. The number of carbonyl (C=O) groups excluding carboxylic acids is 2. The average molecular weight is 494 g/mol. The van der Waals surface area contributed by atoms with E-state index in [2.05, 4.69) is 20.3 Å². The number of benzene rings is 1. The average Bonchev–Trinajstić information content (AvgIpc) is 3.39. The van der Waals surface area contributed by atoms with Crippen LogP contribution in [-0.2, 0) is 17.6 Å². The molecule has 0 aliphatic heterocycles. The van der Waals surface area contributed by atoms with Gasteiger partial charge in [0, 0.05) is 50.1 Å². The minimum Gasteiger partial charge on any atom is -0.345 e. The molecule has 2 amide bonds. The van der Waals surface area contributed by atoms with Crippen LogP contribution in [0.1, 0.15) is 28.5 Å². The third-order valence-electron chi connectivity index (χ3n) is 5.45. The summed E-state index contributed by atoms with van der Waals surface area (Å²) in [7, 11) is 3.39. The molecule has 0 saturated carbocycles. The summed E-state index contributed by atoms with van der Waals surface area (Å²) in [6.07, 6.45) is 6.36.